The van der Waals surface area contributed by atoms with E-state index in [9.17, 15) is 15.2 Å². The number of ether oxygens (including phenoxy) is 1. The number of non-ortho nitro benzene ring substituents is 1. The predicted molar refractivity (Wildman–Crippen MR) is 99.4 cm³/mol. The van der Waals surface area contributed by atoms with E-state index in [1.165, 1.54) is 12.1 Å². The maximum atomic E-state index is 11.2. The molecule has 1 N–H and O–H groups in total. The SMILES string of the molecule is CC1(C)c2ccccc2N(CCO)C12C=Cc1ccc([N+](=O)[O-])cc1O2. The number of aliphatic hydroxyl groups excluding tert-OH is 1. The molecule has 2 aromatic rings. The summed E-state index contributed by atoms with van der Waals surface area (Å²) in [6.07, 6.45) is 3.94. The number of aliphatic hydroxyl groups is 1. The first-order valence-electron chi connectivity index (χ1n) is 8.55. The van der Waals surface area contributed by atoms with Crippen LogP contribution in [-0.2, 0) is 5.41 Å². The van der Waals surface area contributed by atoms with Crippen molar-refractivity contribution in [3.8, 4) is 5.75 Å². The number of hydrogen-bond donors (Lipinski definition) is 1. The lowest BCUT2D eigenvalue weighted by Gasteiger charge is -2.47. The maximum absolute atomic E-state index is 11.2. The van der Waals surface area contributed by atoms with Crippen molar-refractivity contribution in [1.29, 1.82) is 0 Å². The van der Waals surface area contributed by atoms with Crippen LogP contribution in [0.15, 0.2) is 48.5 Å². The van der Waals surface area contributed by atoms with Gasteiger partial charge in [-0.1, -0.05) is 18.2 Å². The summed E-state index contributed by atoms with van der Waals surface area (Å²) < 4.78 is 6.46. The van der Waals surface area contributed by atoms with Gasteiger partial charge >= 0.3 is 0 Å². The molecule has 134 valence electrons. The van der Waals surface area contributed by atoms with Crippen molar-refractivity contribution in [2.24, 2.45) is 0 Å². The minimum atomic E-state index is -0.859. The molecule has 1 unspecified atom stereocenters. The number of rotatable bonds is 3. The van der Waals surface area contributed by atoms with Gasteiger partial charge in [0.25, 0.3) is 5.69 Å². The summed E-state index contributed by atoms with van der Waals surface area (Å²) >= 11 is 0. The number of hydrogen-bond acceptors (Lipinski definition) is 5. The highest BCUT2D eigenvalue weighted by Crippen LogP contribution is 2.54. The topological polar surface area (TPSA) is 75.8 Å². The second-order valence-corrected chi connectivity index (χ2v) is 7.13. The second kappa shape index (κ2) is 5.57. The fourth-order valence-corrected chi connectivity index (χ4v) is 4.08. The molecule has 6 nitrogen and oxygen atoms in total. The van der Waals surface area contributed by atoms with Gasteiger partial charge in [-0.15, -0.1) is 0 Å². The number of fused-ring (bicyclic) bond motifs is 2. The van der Waals surface area contributed by atoms with Crippen molar-refractivity contribution >= 4 is 17.5 Å². The molecule has 2 heterocycles. The van der Waals surface area contributed by atoms with E-state index in [0.29, 0.717) is 12.3 Å². The zero-order valence-corrected chi connectivity index (χ0v) is 14.7. The molecule has 0 bridgehead atoms. The van der Waals surface area contributed by atoms with E-state index in [2.05, 4.69) is 19.9 Å². The van der Waals surface area contributed by atoms with Gasteiger partial charge < -0.3 is 14.7 Å². The van der Waals surface area contributed by atoms with Gasteiger partial charge in [-0.05, 0) is 43.7 Å². The van der Waals surface area contributed by atoms with Crippen LogP contribution in [-0.4, -0.2) is 28.9 Å². The van der Waals surface area contributed by atoms with Crippen molar-refractivity contribution in [3.05, 3.63) is 69.8 Å². The van der Waals surface area contributed by atoms with Crippen LogP contribution in [0.25, 0.3) is 6.08 Å². The predicted octanol–water partition coefficient (Wildman–Crippen LogP) is 3.49. The third kappa shape index (κ3) is 2.08. The number of nitro benzene ring substituents is 1. The van der Waals surface area contributed by atoms with Crippen molar-refractivity contribution in [3.63, 3.8) is 0 Å². The molecule has 1 atom stereocenters. The van der Waals surface area contributed by atoms with Gasteiger partial charge in [-0.3, -0.25) is 10.1 Å². The van der Waals surface area contributed by atoms with Crippen LogP contribution in [0.5, 0.6) is 5.75 Å². The summed E-state index contributed by atoms with van der Waals surface area (Å²) in [5.41, 5.74) is 1.64. The maximum Gasteiger partial charge on any atom is 0.273 e. The minimum absolute atomic E-state index is 0.00349. The Bertz CT molecular complexity index is 922. The first kappa shape index (κ1) is 16.6. The van der Waals surface area contributed by atoms with Crippen LogP contribution in [0.1, 0.15) is 25.0 Å². The molecular weight excluding hydrogens is 332 g/mol. The zero-order valence-electron chi connectivity index (χ0n) is 14.7. The Balaban J connectivity index is 1.88. The van der Waals surface area contributed by atoms with E-state index in [0.717, 1.165) is 16.8 Å². The lowest BCUT2D eigenvalue weighted by molar-refractivity contribution is -0.385. The van der Waals surface area contributed by atoms with E-state index < -0.39 is 16.1 Å². The van der Waals surface area contributed by atoms with E-state index in [1.807, 2.05) is 35.3 Å². The molecule has 6 heteroatoms. The van der Waals surface area contributed by atoms with Gasteiger partial charge in [0.1, 0.15) is 5.75 Å². The first-order chi connectivity index (χ1) is 12.4. The molecule has 2 aliphatic rings. The monoisotopic (exact) mass is 352 g/mol. The molecule has 0 aliphatic carbocycles. The smallest absolute Gasteiger partial charge is 0.273 e. The summed E-state index contributed by atoms with van der Waals surface area (Å²) in [7, 11) is 0. The van der Waals surface area contributed by atoms with E-state index in [1.54, 1.807) is 6.07 Å². The van der Waals surface area contributed by atoms with Gasteiger partial charge in [0, 0.05) is 23.9 Å². The molecule has 0 amide bonds. The third-order valence-electron chi connectivity index (χ3n) is 5.45. The summed E-state index contributed by atoms with van der Waals surface area (Å²) in [6, 6.07) is 12.7. The number of nitrogens with zero attached hydrogens (tertiary/aromatic N) is 2. The Labute approximate surface area is 151 Å². The highest BCUT2D eigenvalue weighted by molar-refractivity contribution is 5.73. The van der Waals surface area contributed by atoms with Crippen molar-refractivity contribution in [1.82, 2.24) is 0 Å². The van der Waals surface area contributed by atoms with E-state index in [4.69, 9.17) is 4.74 Å². The summed E-state index contributed by atoms with van der Waals surface area (Å²) in [4.78, 5) is 12.8. The van der Waals surface area contributed by atoms with Gasteiger partial charge in [0.2, 0.25) is 5.72 Å². The fourth-order valence-electron chi connectivity index (χ4n) is 4.08. The quantitative estimate of drug-likeness (QED) is 0.676. The van der Waals surface area contributed by atoms with Gasteiger partial charge in [-0.25, -0.2) is 0 Å². The van der Waals surface area contributed by atoms with Crippen LogP contribution in [0.4, 0.5) is 11.4 Å². The Morgan fingerprint density at radius 2 is 2.00 bits per heavy atom. The molecule has 2 aliphatic heterocycles. The van der Waals surface area contributed by atoms with Gasteiger partial charge in [-0.2, -0.15) is 0 Å². The highest BCUT2D eigenvalue weighted by Gasteiger charge is 2.58. The minimum Gasteiger partial charge on any atom is -0.463 e. The number of anilines is 1. The Hall–Kier alpha value is -2.86. The fraction of sp³-hybridized carbons (Fsp3) is 0.300. The lowest BCUT2D eigenvalue weighted by Crippen LogP contribution is -2.60. The Morgan fingerprint density at radius 1 is 1.23 bits per heavy atom. The van der Waals surface area contributed by atoms with Crippen LogP contribution in [0.2, 0.25) is 0 Å². The molecule has 2 aromatic carbocycles. The van der Waals surface area contributed by atoms with Gasteiger partial charge in [0.05, 0.1) is 23.0 Å². The highest BCUT2D eigenvalue weighted by atomic mass is 16.6. The average molecular weight is 352 g/mol. The summed E-state index contributed by atoms with van der Waals surface area (Å²) in [5.74, 6) is 0.477. The summed E-state index contributed by atoms with van der Waals surface area (Å²) in [6.45, 7) is 4.56. The van der Waals surface area contributed by atoms with E-state index >= 15 is 0 Å². The van der Waals surface area contributed by atoms with Crippen LogP contribution in [0, 0.1) is 10.1 Å². The van der Waals surface area contributed by atoms with Crippen LogP contribution in [0.3, 0.4) is 0 Å². The molecule has 1 spiro atoms. The number of β-amino-alcohol motifs (C(OH)–C–C–N with tert-alkyl or cyclic N) is 1. The average Bonchev–Trinajstić information content (AvgIpc) is 2.81. The largest absolute Gasteiger partial charge is 0.463 e. The molecule has 0 aromatic heterocycles. The number of benzene rings is 2. The molecule has 26 heavy (non-hydrogen) atoms. The van der Waals surface area contributed by atoms with Crippen LogP contribution < -0.4 is 9.64 Å². The molecule has 0 saturated carbocycles. The van der Waals surface area contributed by atoms with Crippen LogP contribution >= 0.6 is 0 Å². The molecule has 0 radical (unpaired) electrons. The number of nitro groups is 1. The molecule has 0 fully saturated rings. The van der Waals surface area contributed by atoms with E-state index in [-0.39, 0.29) is 12.3 Å². The first-order valence-corrected chi connectivity index (χ1v) is 8.55. The lowest BCUT2D eigenvalue weighted by atomic mass is 9.76. The Kier molecular flexibility index (Phi) is 3.56. The molecular formula is C20H20N2O4. The zero-order chi connectivity index (χ0) is 18.5. The standard InChI is InChI=1S/C20H20N2O4/c1-19(2)16-5-3-4-6-17(16)21(11-12-23)20(19)10-9-14-7-8-15(22(24)25)13-18(14)26-20/h3-10,13,23H,11-12H2,1-2H3. The van der Waals surface area contributed by atoms with Crippen molar-refractivity contribution < 1.29 is 14.8 Å². The number of para-hydroxylation sites is 1. The summed E-state index contributed by atoms with van der Waals surface area (Å²) in [5, 5.41) is 20.8. The van der Waals surface area contributed by atoms with Crippen molar-refractivity contribution in [2.45, 2.75) is 25.0 Å². The molecule has 0 saturated heterocycles. The third-order valence-corrected chi connectivity index (χ3v) is 5.45. The Morgan fingerprint density at radius 3 is 2.73 bits per heavy atom. The van der Waals surface area contributed by atoms with Gasteiger partial charge in [0.15, 0.2) is 0 Å². The molecule has 4 rings (SSSR count). The van der Waals surface area contributed by atoms with Crippen molar-refractivity contribution in [2.75, 3.05) is 18.1 Å². The normalized spacial score (nSPS) is 22.0. The second-order valence-electron chi connectivity index (χ2n) is 7.13.